The normalized spacial score (nSPS) is 10.8. The molecule has 0 aromatic heterocycles. The number of carbonyl (C=O) groups is 2. The second-order valence-corrected chi connectivity index (χ2v) is 8.76. The smallest absolute Gasteiger partial charge is 0.219 e. The third-order valence-corrected chi connectivity index (χ3v) is 6.06. The summed E-state index contributed by atoms with van der Waals surface area (Å²) in [5.41, 5.74) is 0.768. The van der Waals surface area contributed by atoms with Crippen molar-refractivity contribution in [1.82, 2.24) is 5.32 Å². The van der Waals surface area contributed by atoms with Crippen molar-refractivity contribution in [3.8, 4) is 6.07 Å². The number of halogens is 2. The van der Waals surface area contributed by atoms with E-state index < -0.39 is 11.4 Å². The minimum Gasteiger partial charge on any atom is -0.359 e. The van der Waals surface area contributed by atoms with E-state index in [9.17, 15) is 14.0 Å². The summed E-state index contributed by atoms with van der Waals surface area (Å²) in [7, 11) is 3.18. The third kappa shape index (κ3) is 6.06. The summed E-state index contributed by atoms with van der Waals surface area (Å²) in [6.45, 7) is 3.42. The lowest BCUT2D eigenvalue weighted by molar-refractivity contribution is -0.120. The van der Waals surface area contributed by atoms with Gasteiger partial charge >= 0.3 is 0 Å². The Morgan fingerprint density at radius 3 is 2.45 bits per heavy atom. The highest BCUT2D eigenvalue weighted by molar-refractivity contribution is 7.80. The Labute approximate surface area is 203 Å². The SMILES string of the molecule is CNC(=O)CCCc1ccc(N(C(=S)N(C)c2ccc(C#N)c(Cl)c2F)C(C)(C)C=O)cc1. The highest BCUT2D eigenvalue weighted by Gasteiger charge is 2.33. The van der Waals surface area contributed by atoms with Gasteiger partial charge < -0.3 is 19.9 Å². The van der Waals surface area contributed by atoms with Crippen LogP contribution in [-0.2, 0) is 16.0 Å². The largest absolute Gasteiger partial charge is 0.359 e. The van der Waals surface area contributed by atoms with Gasteiger partial charge in [-0.05, 0) is 68.7 Å². The quantitative estimate of drug-likeness (QED) is 0.431. The van der Waals surface area contributed by atoms with Gasteiger partial charge in [0.2, 0.25) is 5.91 Å². The zero-order valence-corrected chi connectivity index (χ0v) is 20.6. The molecule has 0 aliphatic carbocycles. The third-order valence-electron chi connectivity index (χ3n) is 5.23. The lowest BCUT2D eigenvalue weighted by Crippen LogP contribution is -2.54. The number of rotatable bonds is 8. The van der Waals surface area contributed by atoms with E-state index in [0.29, 0.717) is 18.5 Å². The molecule has 6 nitrogen and oxygen atoms in total. The van der Waals surface area contributed by atoms with Crippen LogP contribution < -0.4 is 15.1 Å². The summed E-state index contributed by atoms with van der Waals surface area (Å²) < 4.78 is 14.9. The van der Waals surface area contributed by atoms with Gasteiger partial charge in [0.1, 0.15) is 12.4 Å². The van der Waals surface area contributed by atoms with E-state index in [2.05, 4.69) is 5.32 Å². The van der Waals surface area contributed by atoms with Gasteiger partial charge in [-0.15, -0.1) is 0 Å². The maximum absolute atomic E-state index is 14.9. The molecule has 0 heterocycles. The minimum atomic E-state index is -1.03. The number of amides is 1. The minimum absolute atomic E-state index is 0.00551. The zero-order chi connectivity index (χ0) is 24.8. The number of anilines is 2. The number of nitrogens with one attached hydrogen (secondary N) is 1. The van der Waals surface area contributed by atoms with Gasteiger partial charge in [0.05, 0.1) is 21.8 Å². The first-order valence-electron chi connectivity index (χ1n) is 10.3. The molecular formula is C24H26ClFN4O2S. The monoisotopic (exact) mass is 488 g/mol. The van der Waals surface area contributed by atoms with Gasteiger partial charge in [-0.25, -0.2) is 4.39 Å². The molecule has 0 unspecified atom stereocenters. The lowest BCUT2D eigenvalue weighted by Gasteiger charge is -2.39. The highest BCUT2D eigenvalue weighted by atomic mass is 35.5. The van der Waals surface area contributed by atoms with Crippen LogP contribution in [0, 0.1) is 17.1 Å². The molecule has 1 N–H and O–H groups in total. The fourth-order valence-electron chi connectivity index (χ4n) is 3.27. The first-order valence-corrected chi connectivity index (χ1v) is 11.1. The van der Waals surface area contributed by atoms with Crippen molar-refractivity contribution in [2.24, 2.45) is 0 Å². The number of nitrogens with zero attached hydrogens (tertiary/aromatic N) is 3. The van der Waals surface area contributed by atoms with E-state index in [4.69, 9.17) is 29.1 Å². The molecule has 0 fully saturated rings. The van der Waals surface area contributed by atoms with Gasteiger partial charge in [0.25, 0.3) is 0 Å². The van der Waals surface area contributed by atoms with E-state index in [0.717, 1.165) is 18.3 Å². The first kappa shape index (κ1) is 26.2. The summed E-state index contributed by atoms with van der Waals surface area (Å²) in [6.07, 6.45) is 2.65. The standard InChI is InChI=1S/C24H26ClFN4O2S/c1-24(2,15-31)30(18-11-8-16(9-12-18)6-5-7-20(32)28-3)23(33)29(4)19-13-10-17(14-27)21(25)22(19)26/h8-13,15H,5-7H2,1-4H3,(H,28,32). The van der Waals surface area contributed by atoms with Crippen molar-refractivity contribution in [3.05, 3.63) is 58.4 Å². The van der Waals surface area contributed by atoms with E-state index in [1.165, 1.54) is 17.0 Å². The second kappa shape index (κ2) is 11.2. The summed E-state index contributed by atoms with van der Waals surface area (Å²) in [4.78, 5) is 26.4. The molecular weight excluding hydrogens is 463 g/mol. The van der Waals surface area contributed by atoms with Crippen molar-refractivity contribution < 1.29 is 14.0 Å². The Morgan fingerprint density at radius 2 is 1.91 bits per heavy atom. The number of carbonyl (C=O) groups excluding carboxylic acids is 2. The predicted molar refractivity (Wildman–Crippen MR) is 133 cm³/mol. The molecule has 174 valence electrons. The highest BCUT2D eigenvalue weighted by Crippen LogP contribution is 2.31. The molecule has 1 amide bonds. The fourth-order valence-corrected chi connectivity index (χ4v) is 3.91. The topological polar surface area (TPSA) is 76.4 Å². The van der Waals surface area contributed by atoms with Crippen molar-refractivity contribution in [1.29, 1.82) is 5.26 Å². The molecule has 0 aliphatic rings. The number of hydrogen-bond donors (Lipinski definition) is 1. The Balaban J connectivity index is 2.35. The Kier molecular flexibility index (Phi) is 8.91. The number of hydrogen-bond acceptors (Lipinski definition) is 4. The average Bonchev–Trinajstić information content (AvgIpc) is 2.81. The molecule has 0 radical (unpaired) electrons. The van der Waals surface area contributed by atoms with Crippen LogP contribution in [0.5, 0.6) is 0 Å². The molecule has 0 atom stereocenters. The fraction of sp³-hybridized carbons (Fsp3) is 0.333. The van der Waals surface area contributed by atoms with Crippen LogP contribution in [0.15, 0.2) is 36.4 Å². The van der Waals surface area contributed by atoms with Gasteiger partial charge in [-0.2, -0.15) is 5.26 Å². The van der Waals surface area contributed by atoms with Gasteiger partial charge in [0, 0.05) is 26.2 Å². The van der Waals surface area contributed by atoms with E-state index in [-0.39, 0.29) is 27.3 Å². The molecule has 0 saturated heterocycles. The van der Waals surface area contributed by atoms with Crippen molar-refractivity contribution in [3.63, 3.8) is 0 Å². The van der Waals surface area contributed by atoms with Crippen LogP contribution in [0.3, 0.4) is 0 Å². The van der Waals surface area contributed by atoms with E-state index in [1.807, 2.05) is 30.3 Å². The van der Waals surface area contributed by atoms with E-state index >= 15 is 0 Å². The summed E-state index contributed by atoms with van der Waals surface area (Å²) in [5.74, 6) is -0.773. The summed E-state index contributed by atoms with van der Waals surface area (Å²) in [5, 5.41) is 11.6. The molecule has 0 aliphatic heterocycles. The maximum atomic E-state index is 14.9. The Bertz CT molecular complexity index is 1080. The van der Waals surface area contributed by atoms with Crippen LogP contribution in [0.4, 0.5) is 15.8 Å². The number of thiocarbonyl (C=S) groups is 1. The zero-order valence-electron chi connectivity index (χ0n) is 19.0. The van der Waals surface area contributed by atoms with Crippen molar-refractivity contribution in [2.45, 2.75) is 38.6 Å². The van der Waals surface area contributed by atoms with Crippen LogP contribution in [0.1, 0.15) is 37.8 Å². The molecule has 33 heavy (non-hydrogen) atoms. The molecule has 9 heteroatoms. The van der Waals surface area contributed by atoms with Gasteiger partial charge in [-0.3, -0.25) is 4.79 Å². The molecule has 2 aromatic rings. The molecule has 2 aromatic carbocycles. The number of aldehydes is 1. The number of nitriles is 1. The lowest BCUT2D eigenvalue weighted by atomic mass is 10.0. The van der Waals surface area contributed by atoms with Gasteiger partial charge in [-0.1, -0.05) is 23.7 Å². The number of aryl methyl sites for hydroxylation is 1. The average molecular weight is 489 g/mol. The van der Waals surface area contributed by atoms with Crippen molar-refractivity contribution >= 4 is 52.5 Å². The predicted octanol–water partition coefficient (Wildman–Crippen LogP) is 4.62. The maximum Gasteiger partial charge on any atom is 0.219 e. The first-order chi connectivity index (χ1) is 15.6. The molecule has 0 spiro atoms. The van der Waals surface area contributed by atoms with Crippen LogP contribution >= 0.6 is 23.8 Å². The van der Waals surface area contributed by atoms with Crippen LogP contribution in [0.2, 0.25) is 5.02 Å². The molecule has 0 bridgehead atoms. The van der Waals surface area contributed by atoms with Crippen molar-refractivity contribution in [2.75, 3.05) is 23.9 Å². The molecule has 2 rings (SSSR count). The second-order valence-electron chi connectivity index (χ2n) is 8.01. The summed E-state index contributed by atoms with van der Waals surface area (Å²) >= 11 is 11.6. The van der Waals surface area contributed by atoms with Gasteiger partial charge in [0.15, 0.2) is 10.9 Å². The summed E-state index contributed by atoms with van der Waals surface area (Å²) in [6, 6.07) is 12.2. The number of benzene rings is 2. The van der Waals surface area contributed by atoms with Crippen LogP contribution in [0.25, 0.3) is 0 Å². The Hall–Kier alpha value is -3.02. The molecule has 0 saturated carbocycles. The van der Waals surface area contributed by atoms with E-state index in [1.54, 1.807) is 32.8 Å². The van der Waals surface area contributed by atoms with Crippen LogP contribution in [-0.4, -0.2) is 36.9 Å². The Morgan fingerprint density at radius 1 is 1.27 bits per heavy atom.